The Morgan fingerprint density at radius 2 is 1.70 bits per heavy atom. The van der Waals surface area contributed by atoms with Crippen LogP contribution in [0.5, 0.6) is 0 Å². The van der Waals surface area contributed by atoms with Crippen molar-refractivity contribution in [2.75, 3.05) is 19.0 Å². The van der Waals surface area contributed by atoms with Gasteiger partial charge in [0.15, 0.2) is 0 Å². The molecule has 3 aromatic rings. The summed E-state index contributed by atoms with van der Waals surface area (Å²) < 4.78 is 5.23. The van der Waals surface area contributed by atoms with Crippen LogP contribution in [0.2, 0.25) is 0 Å². The molecule has 0 radical (unpaired) electrons. The van der Waals surface area contributed by atoms with E-state index >= 15 is 0 Å². The SMILES string of the molecule is CC(/C=C\c1ccco1)=NNC(=O)/C(=C/c1ccc(N(C)C)cc1)NC(=O)c1ccccc1. The minimum Gasteiger partial charge on any atom is -0.465 e. The predicted octanol–water partition coefficient (Wildman–Crippen LogP) is 4.32. The van der Waals surface area contributed by atoms with Gasteiger partial charge in [-0.1, -0.05) is 30.3 Å². The van der Waals surface area contributed by atoms with Gasteiger partial charge in [0.25, 0.3) is 11.8 Å². The summed E-state index contributed by atoms with van der Waals surface area (Å²) in [6.45, 7) is 1.74. The number of furan rings is 1. The molecule has 7 nitrogen and oxygen atoms in total. The van der Waals surface area contributed by atoms with Crippen LogP contribution in [0.15, 0.2) is 94.3 Å². The molecule has 0 aliphatic rings. The number of carbonyl (C=O) groups is 2. The third kappa shape index (κ3) is 7.07. The smallest absolute Gasteiger partial charge is 0.287 e. The summed E-state index contributed by atoms with van der Waals surface area (Å²) in [6.07, 6.45) is 6.64. The number of hydrazone groups is 1. The van der Waals surface area contributed by atoms with E-state index in [2.05, 4.69) is 15.8 Å². The van der Waals surface area contributed by atoms with Crippen molar-refractivity contribution < 1.29 is 14.0 Å². The Hall–Kier alpha value is -4.39. The molecular weight excluding hydrogens is 416 g/mol. The Kier molecular flexibility index (Phi) is 7.96. The Morgan fingerprint density at radius 1 is 0.970 bits per heavy atom. The summed E-state index contributed by atoms with van der Waals surface area (Å²) in [5.41, 5.74) is 5.36. The van der Waals surface area contributed by atoms with Gasteiger partial charge < -0.3 is 14.6 Å². The zero-order chi connectivity index (χ0) is 23.6. The molecule has 2 N–H and O–H groups in total. The van der Waals surface area contributed by atoms with Crippen molar-refractivity contribution in [1.82, 2.24) is 10.7 Å². The largest absolute Gasteiger partial charge is 0.465 e. The molecule has 0 unspecified atom stereocenters. The Labute approximate surface area is 193 Å². The number of anilines is 1. The molecule has 0 saturated carbocycles. The fourth-order valence-electron chi connectivity index (χ4n) is 2.80. The highest BCUT2D eigenvalue weighted by atomic mass is 16.3. The van der Waals surface area contributed by atoms with Crippen LogP contribution in [0, 0.1) is 0 Å². The summed E-state index contributed by atoms with van der Waals surface area (Å²) in [4.78, 5) is 27.5. The van der Waals surface area contributed by atoms with E-state index in [0.717, 1.165) is 11.3 Å². The van der Waals surface area contributed by atoms with Gasteiger partial charge in [-0.05, 0) is 67.1 Å². The molecule has 2 amide bonds. The van der Waals surface area contributed by atoms with E-state index in [9.17, 15) is 9.59 Å². The maximum Gasteiger partial charge on any atom is 0.287 e. The Bertz CT molecular complexity index is 1160. The fourth-order valence-corrected chi connectivity index (χ4v) is 2.80. The number of carbonyl (C=O) groups excluding carboxylic acids is 2. The normalized spacial score (nSPS) is 12.0. The third-order valence-electron chi connectivity index (χ3n) is 4.62. The molecule has 3 rings (SSSR count). The van der Waals surface area contributed by atoms with E-state index in [1.165, 1.54) is 0 Å². The zero-order valence-electron chi connectivity index (χ0n) is 18.8. The van der Waals surface area contributed by atoms with Gasteiger partial charge >= 0.3 is 0 Å². The Balaban J connectivity index is 1.79. The average molecular weight is 443 g/mol. The van der Waals surface area contributed by atoms with Gasteiger partial charge in [-0.15, -0.1) is 0 Å². The zero-order valence-corrected chi connectivity index (χ0v) is 18.8. The number of rotatable bonds is 8. The maximum atomic E-state index is 12.9. The van der Waals surface area contributed by atoms with Crippen LogP contribution in [0.25, 0.3) is 12.2 Å². The van der Waals surface area contributed by atoms with Crippen LogP contribution < -0.4 is 15.6 Å². The first kappa shape index (κ1) is 23.3. The van der Waals surface area contributed by atoms with Crippen molar-refractivity contribution in [3.05, 3.63) is 102 Å². The monoisotopic (exact) mass is 442 g/mol. The molecule has 0 aliphatic carbocycles. The molecule has 0 saturated heterocycles. The summed E-state index contributed by atoms with van der Waals surface area (Å²) >= 11 is 0. The van der Waals surface area contributed by atoms with Gasteiger partial charge in [-0.3, -0.25) is 9.59 Å². The second-order valence-electron chi connectivity index (χ2n) is 7.41. The number of allylic oxidation sites excluding steroid dienone is 1. The van der Waals surface area contributed by atoms with Crippen molar-refractivity contribution in [2.45, 2.75) is 6.92 Å². The number of hydrogen-bond donors (Lipinski definition) is 2. The number of nitrogens with zero attached hydrogens (tertiary/aromatic N) is 2. The first-order chi connectivity index (χ1) is 15.9. The van der Waals surface area contributed by atoms with Gasteiger partial charge in [0.2, 0.25) is 0 Å². The van der Waals surface area contributed by atoms with Gasteiger partial charge in [0.1, 0.15) is 11.5 Å². The van der Waals surface area contributed by atoms with E-state index in [1.807, 2.05) is 55.4 Å². The van der Waals surface area contributed by atoms with Crippen LogP contribution in [-0.2, 0) is 4.79 Å². The Morgan fingerprint density at radius 3 is 2.33 bits per heavy atom. The average Bonchev–Trinajstić information content (AvgIpc) is 3.35. The summed E-state index contributed by atoms with van der Waals surface area (Å²) in [7, 11) is 3.90. The van der Waals surface area contributed by atoms with Crippen molar-refractivity contribution in [1.29, 1.82) is 0 Å². The van der Waals surface area contributed by atoms with Gasteiger partial charge in [-0.2, -0.15) is 5.10 Å². The van der Waals surface area contributed by atoms with Crippen LogP contribution in [0.3, 0.4) is 0 Å². The lowest BCUT2D eigenvalue weighted by Gasteiger charge is -2.13. The fraction of sp³-hybridized carbons (Fsp3) is 0.115. The van der Waals surface area contributed by atoms with Gasteiger partial charge in [0.05, 0.1) is 12.0 Å². The first-order valence-electron chi connectivity index (χ1n) is 10.3. The van der Waals surface area contributed by atoms with Crippen molar-refractivity contribution in [3.8, 4) is 0 Å². The molecule has 33 heavy (non-hydrogen) atoms. The topological polar surface area (TPSA) is 86.9 Å². The van der Waals surface area contributed by atoms with Crippen LogP contribution in [0.1, 0.15) is 28.6 Å². The quantitative estimate of drug-likeness (QED) is 0.309. The molecular formula is C26H26N4O3. The minimum absolute atomic E-state index is 0.0769. The van der Waals surface area contributed by atoms with Gasteiger partial charge in [0, 0.05) is 25.3 Å². The van der Waals surface area contributed by atoms with E-state index in [0.29, 0.717) is 17.0 Å². The number of hydrogen-bond acceptors (Lipinski definition) is 5. The van der Waals surface area contributed by atoms with E-state index in [4.69, 9.17) is 4.42 Å². The molecule has 2 aromatic carbocycles. The van der Waals surface area contributed by atoms with Crippen LogP contribution in [-0.4, -0.2) is 31.6 Å². The van der Waals surface area contributed by atoms with Crippen LogP contribution >= 0.6 is 0 Å². The molecule has 0 atom stereocenters. The minimum atomic E-state index is -0.540. The lowest BCUT2D eigenvalue weighted by molar-refractivity contribution is -0.117. The number of amides is 2. The highest BCUT2D eigenvalue weighted by Crippen LogP contribution is 2.14. The first-order valence-corrected chi connectivity index (χ1v) is 10.3. The number of nitrogens with one attached hydrogen (secondary N) is 2. The molecule has 1 heterocycles. The standard InChI is InChI=1S/C26H26N4O3/c1-19(11-16-23-10-7-17-33-23)28-29-26(32)24(27-25(31)21-8-5-4-6-9-21)18-20-12-14-22(15-13-20)30(2)3/h4-18H,1-3H3,(H,27,31)(H,29,32)/b16-11-,24-18-,28-19?. The van der Waals surface area contributed by atoms with E-state index in [1.54, 1.807) is 61.7 Å². The second-order valence-corrected chi connectivity index (χ2v) is 7.41. The maximum absolute atomic E-state index is 12.9. The lowest BCUT2D eigenvalue weighted by Crippen LogP contribution is -2.33. The molecule has 1 aromatic heterocycles. The molecule has 0 spiro atoms. The molecule has 0 fully saturated rings. The summed E-state index contributed by atoms with van der Waals surface area (Å²) in [5.74, 6) is -0.255. The van der Waals surface area contributed by atoms with E-state index < -0.39 is 5.91 Å². The highest BCUT2D eigenvalue weighted by molar-refractivity contribution is 6.06. The van der Waals surface area contributed by atoms with Crippen molar-refractivity contribution in [3.63, 3.8) is 0 Å². The molecule has 168 valence electrons. The summed E-state index contributed by atoms with van der Waals surface area (Å²) in [6, 6.07) is 19.9. The molecule has 7 heteroatoms. The highest BCUT2D eigenvalue weighted by Gasteiger charge is 2.14. The van der Waals surface area contributed by atoms with Crippen LogP contribution in [0.4, 0.5) is 5.69 Å². The third-order valence-corrected chi connectivity index (χ3v) is 4.62. The van der Waals surface area contributed by atoms with Gasteiger partial charge in [-0.25, -0.2) is 5.43 Å². The van der Waals surface area contributed by atoms with Crippen molar-refractivity contribution in [2.24, 2.45) is 5.10 Å². The predicted molar refractivity (Wildman–Crippen MR) is 132 cm³/mol. The van der Waals surface area contributed by atoms with E-state index in [-0.39, 0.29) is 11.6 Å². The lowest BCUT2D eigenvalue weighted by atomic mass is 10.1. The van der Waals surface area contributed by atoms with Crippen molar-refractivity contribution >= 4 is 35.4 Å². The molecule has 0 bridgehead atoms. The number of benzene rings is 2. The second kappa shape index (κ2) is 11.3. The summed E-state index contributed by atoms with van der Waals surface area (Å²) in [5, 5.41) is 6.79. The molecule has 0 aliphatic heterocycles.